The molecule has 0 fully saturated rings. The first-order valence-corrected chi connectivity index (χ1v) is 9.60. The van der Waals surface area contributed by atoms with Crippen molar-refractivity contribution in [1.29, 1.82) is 0 Å². The van der Waals surface area contributed by atoms with Crippen LogP contribution in [0.25, 0.3) is 0 Å². The third-order valence-electron chi connectivity index (χ3n) is 3.53. The molecule has 8 heteroatoms. The molecule has 0 bridgehead atoms. The Hall–Kier alpha value is -2.45. The Kier molecular flexibility index (Phi) is 5.85. The minimum atomic E-state index is -0.329. The molecule has 26 heavy (non-hydrogen) atoms. The standard InChI is InChI=1S/C18H17FN4OS2/c1-11-6-3-4-9-15(11)21-16(24)12(2)25-18-23-22-17(26-18)20-14-8-5-7-13(19)10-14/h3-10,12H,1-2H3,(H,20,22)(H,21,24). The van der Waals surface area contributed by atoms with Gasteiger partial charge in [0.15, 0.2) is 4.34 Å². The molecule has 3 aromatic rings. The van der Waals surface area contributed by atoms with E-state index in [1.54, 1.807) is 12.1 Å². The van der Waals surface area contributed by atoms with Crippen LogP contribution in [0.5, 0.6) is 0 Å². The van der Waals surface area contributed by atoms with Gasteiger partial charge in [-0.25, -0.2) is 4.39 Å². The smallest absolute Gasteiger partial charge is 0.237 e. The number of para-hydroxylation sites is 1. The monoisotopic (exact) mass is 388 g/mol. The van der Waals surface area contributed by atoms with Gasteiger partial charge < -0.3 is 10.6 Å². The summed E-state index contributed by atoms with van der Waals surface area (Å²) in [6.07, 6.45) is 0. The van der Waals surface area contributed by atoms with Crippen molar-refractivity contribution in [3.63, 3.8) is 0 Å². The van der Waals surface area contributed by atoms with Crippen molar-refractivity contribution in [2.24, 2.45) is 0 Å². The van der Waals surface area contributed by atoms with E-state index < -0.39 is 0 Å². The molecular weight excluding hydrogens is 371 g/mol. The number of aryl methyl sites for hydroxylation is 1. The number of anilines is 3. The molecule has 0 spiro atoms. The fraction of sp³-hybridized carbons (Fsp3) is 0.167. The minimum Gasteiger partial charge on any atom is -0.330 e. The van der Waals surface area contributed by atoms with Crippen molar-refractivity contribution in [3.8, 4) is 0 Å². The van der Waals surface area contributed by atoms with Gasteiger partial charge in [0.1, 0.15) is 5.82 Å². The number of amides is 1. The van der Waals surface area contributed by atoms with Gasteiger partial charge in [-0.2, -0.15) is 0 Å². The summed E-state index contributed by atoms with van der Waals surface area (Å²) >= 11 is 2.65. The number of hydrogen-bond acceptors (Lipinski definition) is 6. The molecule has 1 aromatic heterocycles. The van der Waals surface area contributed by atoms with E-state index in [9.17, 15) is 9.18 Å². The van der Waals surface area contributed by atoms with E-state index in [1.807, 2.05) is 38.1 Å². The summed E-state index contributed by atoms with van der Waals surface area (Å²) in [7, 11) is 0. The summed E-state index contributed by atoms with van der Waals surface area (Å²) in [5.41, 5.74) is 2.41. The van der Waals surface area contributed by atoms with Gasteiger partial charge in [-0.05, 0) is 43.7 Å². The van der Waals surface area contributed by atoms with Crippen LogP contribution in [0.15, 0.2) is 52.9 Å². The van der Waals surface area contributed by atoms with Gasteiger partial charge in [0.2, 0.25) is 11.0 Å². The van der Waals surface area contributed by atoms with Crippen LogP contribution < -0.4 is 10.6 Å². The van der Waals surface area contributed by atoms with Gasteiger partial charge in [0.05, 0.1) is 5.25 Å². The Bertz CT molecular complexity index is 915. The van der Waals surface area contributed by atoms with E-state index in [1.165, 1.54) is 35.2 Å². The lowest BCUT2D eigenvalue weighted by molar-refractivity contribution is -0.115. The molecule has 0 aliphatic heterocycles. The van der Waals surface area contributed by atoms with Crippen molar-refractivity contribution < 1.29 is 9.18 Å². The van der Waals surface area contributed by atoms with Crippen molar-refractivity contribution in [3.05, 3.63) is 59.9 Å². The first-order valence-electron chi connectivity index (χ1n) is 7.90. The molecule has 0 saturated carbocycles. The second-order valence-electron chi connectivity index (χ2n) is 5.57. The SMILES string of the molecule is Cc1ccccc1NC(=O)C(C)Sc1nnc(Nc2cccc(F)c2)s1. The quantitative estimate of drug-likeness (QED) is 0.591. The molecule has 0 saturated heterocycles. The number of nitrogens with one attached hydrogen (secondary N) is 2. The van der Waals surface area contributed by atoms with Gasteiger partial charge in [-0.15, -0.1) is 10.2 Å². The van der Waals surface area contributed by atoms with Crippen LogP contribution in [-0.4, -0.2) is 21.4 Å². The number of aromatic nitrogens is 2. The van der Waals surface area contributed by atoms with Gasteiger partial charge in [0.25, 0.3) is 0 Å². The Morgan fingerprint density at radius 2 is 2.00 bits per heavy atom. The lowest BCUT2D eigenvalue weighted by Gasteiger charge is -2.11. The minimum absolute atomic E-state index is 0.0980. The van der Waals surface area contributed by atoms with Crippen molar-refractivity contribution in [2.75, 3.05) is 10.6 Å². The summed E-state index contributed by atoms with van der Waals surface area (Å²) in [5.74, 6) is -0.422. The first-order chi connectivity index (χ1) is 12.5. The lowest BCUT2D eigenvalue weighted by atomic mass is 10.2. The number of carbonyl (C=O) groups excluding carboxylic acids is 1. The summed E-state index contributed by atoms with van der Waals surface area (Å²) in [4.78, 5) is 12.4. The zero-order valence-corrected chi connectivity index (χ0v) is 15.8. The number of thioether (sulfide) groups is 1. The average Bonchev–Trinajstić information content (AvgIpc) is 3.03. The van der Waals surface area contributed by atoms with E-state index in [0.717, 1.165) is 11.3 Å². The molecule has 1 atom stereocenters. The first kappa shape index (κ1) is 18.3. The molecule has 1 heterocycles. The number of rotatable bonds is 6. The second kappa shape index (κ2) is 8.29. The maximum Gasteiger partial charge on any atom is 0.237 e. The average molecular weight is 388 g/mol. The summed E-state index contributed by atoms with van der Waals surface area (Å²) in [5, 5.41) is 14.3. The van der Waals surface area contributed by atoms with Crippen LogP contribution in [-0.2, 0) is 4.79 Å². The molecule has 3 rings (SSSR count). The molecule has 0 aliphatic carbocycles. The van der Waals surface area contributed by atoms with E-state index in [2.05, 4.69) is 20.8 Å². The predicted octanol–water partition coefficient (Wildman–Crippen LogP) is 4.85. The maximum absolute atomic E-state index is 13.2. The van der Waals surface area contributed by atoms with Crippen LogP contribution in [0.2, 0.25) is 0 Å². The molecule has 0 aliphatic rings. The molecule has 1 unspecified atom stereocenters. The van der Waals surface area contributed by atoms with E-state index in [4.69, 9.17) is 0 Å². The highest BCUT2D eigenvalue weighted by Gasteiger charge is 2.18. The van der Waals surface area contributed by atoms with Gasteiger partial charge in [0, 0.05) is 11.4 Å². The Labute approximate surface area is 159 Å². The van der Waals surface area contributed by atoms with Crippen LogP contribution in [0.3, 0.4) is 0 Å². The highest BCUT2D eigenvalue weighted by Crippen LogP contribution is 2.31. The van der Waals surface area contributed by atoms with Crippen LogP contribution in [0, 0.1) is 12.7 Å². The molecule has 2 aromatic carbocycles. The Morgan fingerprint density at radius 1 is 1.19 bits per heavy atom. The second-order valence-corrected chi connectivity index (χ2v) is 8.14. The molecule has 0 radical (unpaired) electrons. The van der Waals surface area contributed by atoms with E-state index in [-0.39, 0.29) is 17.0 Å². The third-order valence-corrected chi connectivity index (χ3v) is 5.56. The number of nitrogens with zero attached hydrogens (tertiary/aromatic N) is 2. The fourth-order valence-corrected chi connectivity index (χ4v) is 4.07. The number of carbonyl (C=O) groups is 1. The summed E-state index contributed by atoms with van der Waals surface area (Å²) < 4.78 is 13.9. The zero-order valence-electron chi connectivity index (χ0n) is 14.2. The number of halogens is 1. The molecule has 2 N–H and O–H groups in total. The Balaban J connectivity index is 1.59. The molecule has 5 nitrogen and oxygen atoms in total. The van der Waals surface area contributed by atoms with E-state index >= 15 is 0 Å². The maximum atomic E-state index is 13.2. The largest absolute Gasteiger partial charge is 0.330 e. The van der Waals surface area contributed by atoms with Gasteiger partial charge in [-0.1, -0.05) is 47.4 Å². The van der Waals surface area contributed by atoms with Crippen molar-refractivity contribution >= 4 is 45.5 Å². The number of hydrogen-bond donors (Lipinski definition) is 2. The highest BCUT2D eigenvalue weighted by molar-refractivity contribution is 8.02. The van der Waals surface area contributed by atoms with E-state index in [0.29, 0.717) is 15.2 Å². The number of benzene rings is 2. The topological polar surface area (TPSA) is 66.9 Å². The van der Waals surface area contributed by atoms with Crippen LogP contribution in [0.1, 0.15) is 12.5 Å². The molecular formula is C18H17FN4OS2. The molecule has 1 amide bonds. The zero-order chi connectivity index (χ0) is 18.5. The lowest BCUT2D eigenvalue weighted by Crippen LogP contribution is -2.22. The molecule has 134 valence electrons. The summed E-state index contributed by atoms with van der Waals surface area (Å²) in [6.45, 7) is 3.77. The van der Waals surface area contributed by atoms with Crippen LogP contribution in [0.4, 0.5) is 20.9 Å². The highest BCUT2D eigenvalue weighted by atomic mass is 32.2. The van der Waals surface area contributed by atoms with Crippen molar-refractivity contribution in [1.82, 2.24) is 10.2 Å². The van der Waals surface area contributed by atoms with Crippen LogP contribution >= 0.6 is 23.1 Å². The van der Waals surface area contributed by atoms with Crippen molar-refractivity contribution in [2.45, 2.75) is 23.4 Å². The van der Waals surface area contributed by atoms with Gasteiger partial charge >= 0.3 is 0 Å². The normalized spacial score (nSPS) is 11.8. The predicted molar refractivity (Wildman–Crippen MR) is 105 cm³/mol. The van der Waals surface area contributed by atoms with Gasteiger partial charge in [-0.3, -0.25) is 4.79 Å². The third kappa shape index (κ3) is 4.80. The Morgan fingerprint density at radius 3 is 2.77 bits per heavy atom. The fourth-order valence-electron chi connectivity index (χ4n) is 2.15. The summed E-state index contributed by atoms with van der Waals surface area (Å²) in [6, 6.07) is 13.8.